The number of halogens is 1. The van der Waals surface area contributed by atoms with Crippen molar-refractivity contribution >= 4 is 37.9 Å². The molecule has 3 aromatic heterocycles. The Bertz CT molecular complexity index is 942. The first-order chi connectivity index (χ1) is 10.6. The van der Waals surface area contributed by atoms with Gasteiger partial charge in [-0.2, -0.15) is 4.31 Å². The van der Waals surface area contributed by atoms with E-state index in [0.717, 1.165) is 18.7 Å². The van der Waals surface area contributed by atoms with E-state index in [1.165, 1.54) is 20.0 Å². The SMILES string of the molecule is O=S(=O)(c1c(Cl)nc2sccn12)N1CCCn2cncc2C1. The molecule has 1 aliphatic heterocycles. The molecule has 116 valence electrons. The molecule has 10 heteroatoms. The van der Waals surface area contributed by atoms with Crippen molar-refractivity contribution in [1.82, 2.24) is 23.2 Å². The molecule has 0 saturated heterocycles. The van der Waals surface area contributed by atoms with Crippen LogP contribution in [0, 0.1) is 0 Å². The Labute approximate surface area is 135 Å². The Morgan fingerprint density at radius 3 is 3.05 bits per heavy atom. The number of hydrogen-bond acceptors (Lipinski definition) is 5. The van der Waals surface area contributed by atoms with Gasteiger partial charge in [0.15, 0.2) is 15.1 Å². The highest BCUT2D eigenvalue weighted by molar-refractivity contribution is 7.89. The molecule has 0 bridgehead atoms. The second-order valence-corrected chi connectivity index (χ2v) is 8.12. The molecular weight excluding hydrogens is 346 g/mol. The molecule has 0 radical (unpaired) electrons. The number of sulfonamides is 1. The Morgan fingerprint density at radius 1 is 1.32 bits per heavy atom. The topological polar surface area (TPSA) is 72.5 Å². The van der Waals surface area contributed by atoms with Crippen LogP contribution in [0.15, 0.2) is 29.1 Å². The van der Waals surface area contributed by atoms with Gasteiger partial charge in [-0.05, 0) is 6.42 Å². The van der Waals surface area contributed by atoms with E-state index in [4.69, 9.17) is 11.6 Å². The van der Waals surface area contributed by atoms with Gasteiger partial charge in [0.05, 0.1) is 18.6 Å². The van der Waals surface area contributed by atoms with Crippen molar-refractivity contribution in [2.45, 2.75) is 24.5 Å². The van der Waals surface area contributed by atoms with Crippen LogP contribution >= 0.6 is 22.9 Å². The second-order valence-electron chi connectivity index (χ2n) is 5.03. The van der Waals surface area contributed by atoms with Crippen LogP contribution in [0.1, 0.15) is 12.1 Å². The molecule has 4 heterocycles. The molecule has 1 aliphatic rings. The molecule has 7 nitrogen and oxygen atoms in total. The lowest BCUT2D eigenvalue weighted by Crippen LogP contribution is -2.31. The lowest BCUT2D eigenvalue weighted by molar-refractivity contribution is 0.407. The van der Waals surface area contributed by atoms with E-state index in [0.29, 0.717) is 11.5 Å². The van der Waals surface area contributed by atoms with E-state index in [9.17, 15) is 8.42 Å². The average molecular weight is 358 g/mol. The normalized spacial score (nSPS) is 16.8. The monoisotopic (exact) mass is 357 g/mol. The Hall–Kier alpha value is -1.42. The predicted octanol–water partition coefficient (Wildman–Crippen LogP) is 1.84. The summed E-state index contributed by atoms with van der Waals surface area (Å²) >= 11 is 7.43. The third kappa shape index (κ3) is 2.08. The first-order valence-corrected chi connectivity index (χ1v) is 9.37. The van der Waals surface area contributed by atoms with Gasteiger partial charge in [0.1, 0.15) is 0 Å². The summed E-state index contributed by atoms with van der Waals surface area (Å²) in [5.74, 6) is 0. The van der Waals surface area contributed by atoms with E-state index in [2.05, 4.69) is 9.97 Å². The standard InChI is InChI=1S/C12H12ClN5O2S2/c13-10-11(18-4-5-21-12(18)15-10)22(19,20)17-3-1-2-16-8-14-6-9(16)7-17/h4-6,8H,1-3,7H2. The number of nitrogens with zero attached hydrogens (tertiary/aromatic N) is 5. The van der Waals surface area contributed by atoms with Crippen LogP contribution in [0.25, 0.3) is 4.96 Å². The maximum absolute atomic E-state index is 13.0. The van der Waals surface area contributed by atoms with Crippen LogP contribution in [-0.2, 0) is 23.1 Å². The molecule has 0 unspecified atom stereocenters. The van der Waals surface area contributed by atoms with Gasteiger partial charge in [-0.25, -0.2) is 18.4 Å². The fourth-order valence-electron chi connectivity index (χ4n) is 2.66. The summed E-state index contributed by atoms with van der Waals surface area (Å²) in [6.07, 6.45) is 5.83. The van der Waals surface area contributed by atoms with Gasteiger partial charge in [0, 0.05) is 30.9 Å². The summed E-state index contributed by atoms with van der Waals surface area (Å²) < 4.78 is 31.0. The number of fused-ring (bicyclic) bond motifs is 2. The first kappa shape index (κ1) is 14.2. The van der Waals surface area contributed by atoms with Crippen molar-refractivity contribution < 1.29 is 8.42 Å². The van der Waals surface area contributed by atoms with Crippen molar-refractivity contribution in [1.29, 1.82) is 0 Å². The number of hydrogen-bond donors (Lipinski definition) is 0. The van der Waals surface area contributed by atoms with Crippen molar-refractivity contribution in [2.75, 3.05) is 6.54 Å². The molecule has 0 aliphatic carbocycles. The summed E-state index contributed by atoms with van der Waals surface area (Å²) in [6, 6.07) is 0. The highest BCUT2D eigenvalue weighted by Gasteiger charge is 2.33. The highest BCUT2D eigenvalue weighted by atomic mass is 35.5. The van der Waals surface area contributed by atoms with Gasteiger partial charge in [-0.3, -0.25) is 4.40 Å². The molecule has 3 aromatic rings. The zero-order valence-corrected chi connectivity index (χ0v) is 13.8. The maximum atomic E-state index is 13.0. The number of rotatable bonds is 2. The molecule has 0 aromatic carbocycles. The van der Waals surface area contributed by atoms with Crippen molar-refractivity contribution in [3.8, 4) is 0 Å². The van der Waals surface area contributed by atoms with E-state index in [1.54, 1.807) is 24.1 Å². The number of aryl methyl sites for hydroxylation is 1. The summed E-state index contributed by atoms with van der Waals surface area (Å²) in [6.45, 7) is 1.49. The summed E-state index contributed by atoms with van der Waals surface area (Å²) in [7, 11) is -3.72. The molecule has 0 fully saturated rings. The molecule has 4 rings (SSSR count). The smallest absolute Gasteiger partial charge is 0.262 e. The maximum Gasteiger partial charge on any atom is 0.262 e. The molecule has 0 N–H and O–H groups in total. The van der Waals surface area contributed by atoms with Crippen molar-refractivity contribution in [2.24, 2.45) is 0 Å². The van der Waals surface area contributed by atoms with Crippen LogP contribution in [0.2, 0.25) is 5.15 Å². The summed E-state index contributed by atoms with van der Waals surface area (Å²) in [4.78, 5) is 8.77. The van der Waals surface area contributed by atoms with Crippen LogP contribution in [0.3, 0.4) is 0 Å². The summed E-state index contributed by atoms with van der Waals surface area (Å²) in [5.41, 5.74) is 0.878. The second kappa shape index (κ2) is 5.05. The lowest BCUT2D eigenvalue weighted by atomic mass is 10.4. The zero-order chi connectivity index (χ0) is 15.3. The van der Waals surface area contributed by atoms with E-state index in [1.807, 2.05) is 4.57 Å². The molecule has 0 spiro atoms. The predicted molar refractivity (Wildman–Crippen MR) is 82.5 cm³/mol. The minimum atomic E-state index is -3.72. The van der Waals surface area contributed by atoms with Gasteiger partial charge in [0.2, 0.25) is 0 Å². The van der Waals surface area contributed by atoms with Gasteiger partial charge in [-0.15, -0.1) is 11.3 Å². The molecular formula is C12H12ClN5O2S2. The first-order valence-electron chi connectivity index (χ1n) is 6.67. The van der Waals surface area contributed by atoms with Crippen LogP contribution in [0.4, 0.5) is 0 Å². The number of thiazole rings is 1. The fourth-order valence-corrected chi connectivity index (χ4v) is 5.51. The molecule has 0 atom stereocenters. The Balaban J connectivity index is 1.81. The highest BCUT2D eigenvalue weighted by Crippen LogP contribution is 2.29. The van der Waals surface area contributed by atoms with Crippen molar-refractivity contribution in [3.05, 3.63) is 34.9 Å². The molecule has 22 heavy (non-hydrogen) atoms. The number of imidazole rings is 2. The van der Waals surface area contributed by atoms with E-state index < -0.39 is 10.0 Å². The van der Waals surface area contributed by atoms with Crippen LogP contribution < -0.4 is 0 Å². The Morgan fingerprint density at radius 2 is 2.18 bits per heavy atom. The molecule has 0 saturated carbocycles. The number of aromatic nitrogens is 4. The third-order valence-electron chi connectivity index (χ3n) is 3.71. The quantitative estimate of drug-likeness (QED) is 0.701. The van der Waals surface area contributed by atoms with Gasteiger partial charge < -0.3 is 4.57 Å². The van der Waals surface area contributed by atoms with Crippen molar-refractivity contribution in [3.63, 3.8) is 0 Å². The van der Waals surface area contributed by atoms with Crippen LogP contribution in [0.5, 0.6) is 0 Å². The lowest BCUT2D eigenvalue weighted by Gasteiger charge is -2.19. The minimum absolute atomic E-state index is 0.0182. The Kier molecular flexibility index (Phi) is 3.26. The fraction of sp³-hybridized carbons (Fsp3) is 0.333. The summed E-state index contributed by atoms with van der Waals surface area (Å²) in [5, 5.41) is 1.85. The van der Waals surface area contributed by atoms with Gasteiger partial charge in [0.25, 0.3) is 10.0 Å². The van der Waals surface area contributed by atoms with E-state index >= 15 is 0 Å². The molecule has 0 amide bonds. The minimum Gasteiger partial charge on any atom is -0.333 e. The van der Waals surface area contributed by atoms with Gasteiger partial charge in [-0.1, -0.05) is 11.6 Å². The van der Waals surface area contributed by atoms with Gasteiger partial charge >= 0.3 is 0 Å². The largest absolute Gasteiger partial charge is 0.333 e. The van der Waals surface area contributed by atoms with Crippen LogP contribution in [-0.4, -0.2) is 38.2 Å². The zero-order valence-electron chi connectivity index (χ0n) is 11.4. The van der Waals surface area contributed by atoms with E-state index in [-0.39, 0.29) is 16.7 Å². The average Bonchev–Trinajstić information content (AvgIpc) is 3.11. The third-order valence-corrected chi connectivity index (χ3v) is 6.71.